The van der Waals surface area contributed by atoms with Gasteiger partial charge in [0.25, 0.3) is 5.56 Å². The molecule has 0 fully saturated rings. The molecule has 3 aromatic rings. The summed E-state index contributed by atoms with van der Waals surface area (Å²) in [6.45, 7) is 1.73. The maximum Gasteiger partial charge on any atom is 0.339 e. The average Bonchev–Trinajstić information content (AvgIpc) is 2.99. The fourth-order valence-electron chi connectivity index (χ4n) is 3.39. The summed E-state index contributed by atoms with van der Waals surface area (Å²) in [6, 6.07) is 15.2. The van der Waals surface area contributed by atoms with Gasteiger partial charge in [0.1, 0.15) is 5.56 Å². The highest BCUT2D eigenvalue weighted by Gasteiger charge is 2.37. The molecule has 27 heavy (non-hydrogen) atoms. The van der Waals surface area contributed by atoms with Crippen LogP contribution in [0.4, 0.5) is 0 Å². The number of hydrogen-bond donors (Lipinski definition) is 2. The molecule has 2 N–H and O–H groups in total. The summed E-state index contributed by atoms with van der Waals surface area (Å²) >= 11 is 0. The summed E-state index contributed by atoms with van der Waals surface area (Å²) in [7, 11) is 0. The van der Waals surface area contributed by atoms with Crippen molar-refractivity contribution in [1.29, 1.82) is 0 Å². The van der Waals surface area contributed by atoms with Crippen molar-refractivity contribution in [2.45, 2.75) is 19.1 Å². The summed E-state index contributed by atoms with van der Waals surface area (Å²) in [5.74, 6) is -1.10. The van der Waals surface area contributed by atoms with Gasteiger partial charge in [-0.25, -0.2) is 9.59 Å². The Bertz CT molecular complexity index is 1150. The van der Waals surface area contributed by atoms with Crippen molar-refractivity contribution in [3.05, 3.63) is 97.7 Å². The van der Waals surface area contributed by atoms with Gasteiger partial charge in [-0.3, -0.25) is 14.3 Å². The summed E-state index contributed by atoms with van der Waals surface area (Å²) in [5.41, 5.74) is -0.123. The normalized spacial score (nSPS) is 16.6. The fraction of sp³-hybridized carbons (Fsp3) is 0.150. The van der Waals surface area contributed by atoms with Crippen LogP contribution in [0.5, 0.6) is 5.88 Å². The van der Waals surface area contributed by atoms with Crippen molar-refractivity contribution in [2.75, 3.05) is 0 Å². The lowest BCUT2D eigenvalue weighted by Crippen LogP contribution is -2.35. The Balaban J connectivity index is 1.91. The summed E-state index contributed by atoms with van der Waals surface area (Å²) in [5, 5.41) is 10.8. The summed E-state index contributed by atoms with van der Waals surface area (Å²) < 4.78 is 6.41. The van der Waals surface area contributed by atoms with E-state index in [0.29, 0.717) is 11.1 Å². The molecule has 1 aliphatic heterocycles. The van der Waals surface area contributed by atoms with Gasteiger partial charge in [0, 0.05) is 5.56 Å². The third-order valence-corrected chi connectivity index (χ3v) is 4.77. The van der Waals surface area contributed by atoms with Crippen LogP contribution in [0.1, 0.15) is 46.1 Å². The first-order valence-electron chi connectivity index (χ1n) is 8.41. The van der Waals surface area contributed by atoms with Gasteiger partial charge in [-0.15, -0.1) is 0 Å². The number of aromatic nitrogens is 2. The maximum atomic E-state index is 12.5. The van der Waals surface area contributed by atoms with Crippen LogP contribution < -0.4 is 11.2 Å². The summed E-state index contributed by atoms with van der Waals surface area (Å²) in [6.07, 6.45) is -1.08. The fourth-order valence-corrected chi connectivity index (χ4v) is 3.39. The number of benzene rings is 2. The van der Waals surface area contributed by atoms with Crippen molar-refractivity contribution in [2.24, 2.45) is 0 Å². The topological polar surface area (TPSA) is 101 Å². The van der Waals surface area contributed by atoms with Gasteiger partial charge in [-0.2, -0.15) is 0 Å². The molecule has 7 nitrogen and oxygen atoms in total. The van der Waals surface area contributed by atoms with Crippen molar-refractivity contribution >= 4 is 5.97 Å². The van der Waals surface area contributed by atoms with Gasteiger partial charge in [0.2, 0.25) is 5.88 Å². The molecule has 7 heteroatoms. The Morgan fingerprint density at radius 2 is 1.70 bits per heavy atom. The van der Waals surface area contributed by atoms with Crippen molar-refractivity contribution in [1.82, 2.24) is 9.55 Å². The second kappa shape index (κ2) is 6.28. The Morgan fingerprint density at radius 1 is 1.04 bits per heavy atom. The number of hydrogen-bond acceptors (Lipinski definition) is 5. The van der Waals surface area contributed by atoms with E-state index in [1.54, 1.807) is 31.2 Å². The van der Waals surface area contributed by atoms with E-state index >= 15 is 0 Å². The van der Waals surface area contributed by atoms with Crippen LogP contribution in [-0.4, -0.2) is 20.6 Å². The predicted molar refractivity (Wildman–Crippen MR) is 96.9 cm³/mol. The molecule has 0 saturated carbocycles. The number of aromatic hydroxyl groups is 1. The van der Waals surface area contributed by atoms with E-state index in [1.807, 2.05) is 30.3 Å². The number of carbonyl (C=O) groups excluding carboxylic acids is 1. The van der Waals surface area contributed by atoms with Crippen molar-refractivity contribution < 1.29 is 14.6 Å². The number of aromatic amines is 1. The van der Waals surface area contributed by atoms with Crippen LogP contribution in [-0.2, 0) is 4.74 Å². The first-order valence-corrected chi connectivity index (χ1v) is 8.41. The van der Waals surface area contributed by atoms with E-state index in [9.17, 15) is 19.5 Å². The van der Waals surface area contributed by atoms with Gasteiger partial charge in [0.05, 0.1) is 11.6 Å². The molecule has 0 spiro atoms. The monoisotopic (exact) mass is 364 g/mol. The number of nitrogens with zero attached hydrogens (tertiary/aromatic N) is 1. The van der Waals surface area contributed by atoms with Crippen molar-refractivity contribution in [3.63, 3.8) is 0 Å². The molecule has 1 aliphatic rings. The lowest BCUT2D eigenvalue weighted by molar-refractivity contribution is 0.0448. The first kappa shape index (κ1) is 16.8. The molecule has 2 aromatic carbocycles. The Morgan fingerprint density at radius 3 is 2.44 bits per heavy atom. The number of H-pyrrole nitrogens is 1. The first-order chi connectivity index (χ1) is 13.0. The quantitative estimate of drug-likeness (QED) is 0.693. The van der Waals surface area contributed by atoms with Crippen LogP contribution in [0.3, 0.4) is 0 Å². The average molecular weight is 364 g/mol. The molecule has 0 amide bonds. The number of cyclic esters (lactones) is 1. The second-order valence-electron chi connectivity index (χ2n) is 6.33. The lowest BCUT2D eigenvalue weighted by atomic mass is 10.0. The molecule has 0 saturated heterocycles. The third kappa shape index (κ3) is 2.64. The van der Waals surface area contributed by atoms with Crippen LogP contribution in [0.2, 0.25) is 0 Å². The number of nitrogens with one attached hydrogen (secondary N) is 1. The molecule has 1 aromatic heterocycles. The molecular weight excluding hydrogens is 348 g/mol. The molecule has 136 valence electrons. The van der Waals surface area contributed by atoms with E-state index in [2.05, 4.69) is 4.98 Å². The number of rotatable bonds is 3. The molecule has 2 unspecified atom stereocenters. The van der Waals surface area contributed by atoms with Gasteiger partial charge in [-0.1, -0.05) is 48.5 Å². The Labute approximate surface area is 153 Å². The van der Waals surface area contributed by atoms with Gasteiger partial charge in [0.15, 0.2) is 6.10 Å². The van der Waals surface area contributed by atoms with Crippen LogP contribution in [0.25, 0.3) is 0 Å². The SMILES string of the molecule is CC(c1ccccc1)n1c(O)c(C2OC(=O)c3ccccc32)c(=O)[nH]c1=O. The van der Waals surface area contributed by atoms with Gasteiger partial charge in [-0.05, 0) is 18.6 Å². The minimum absolute atomic E-state index is 0.171. The highest BCUT2D eigenvalue weighted by molar-refractivity contribution is 5.94. The zero-order chi connectivity index (χ0) is 19.1. The molecule has 0 radical (unpaired) electrons. The molecule has 0 aliphatic carbocycles. The minimum atomic E-state index is -1.08. The second-order valence-corrected chi connectivity index (χ2v) is 6.33. The molecule has 2 atom stereocenters. The van der Waals surface area contributed by atoms with E-state index in [0.717, 1.165) is 10.1 Å². The number of fused-ring (bicyclic) bond motifs is 1. The zero-order valence-corrected chi connectivity index (χ0v) is 14.4. The molecule has 0 bridgehead atoms. The molecule has 4 rings (SSSR count). The molecular formula is C20H16N2O5. The lowest BCUT2D eigenvalue weighted by Gasteiger charge is -2.20. The summed E-state index contributed by atoms with van der Waals surface area (Å²) in [4.78, 5) is 39.2. The predicted octanol–water partition coefficient (Wildman–Crippen LogP) is 2.11. The van der Waals surface area contributed by atoms with Crippen LogP contribution in [0, 0.1) is 0 Å². The van der Waals surface area contributed by atoms with E-state index < -0.39 is 35.2 Å². The van der Waals surface area contributed by atoms with Crippen LogP contribution >= 0.6 is 0 Å². The number of carbonyl (C=O) groups is 1. The van der Waals surface area contributed by atoms with E-state index in [1.165, 1.54) is 0 Å². The highest BCUT2D eigenvalue weighted by atomic mass is 16.5. The van der Waals surface area contributed by atoms with Crippen molar-refractivity contribution in [3.8, 4) is 5.88 Å². The third-order valence-electron chi connectivity index (χ3n) is 4.77. The number of esters is 1. The number of ether oxygens (including phenoxy) is 1. The highest BCUT2D eigenvalue weighted by Crippen LogP contribution is 2.37. The molecule has 2 heterocycles. The maximum absolute atomic E-state index is 12.5. The Hall–Kier alpha value is -3.61. The van der Waals surface area contributed by atoms with Gasteiger partial charge < -0.3 is 9.84 Å². The van der Waals surface area contributed by atoms with E-state index in [-0.39, 0.29) is 5.56 Å². The van der Waals surface area contributed by atoms with E-state index in [4.69, 9.17) is 4.74 Å². The smallest absolute Gasteiger partial charge is 0.339 e. The van der Waals surface area contributed by atoms with Crippen LogP contribution in [0.15, 0.2) is 64.2 Å². The zero-order valence-electron chi connectivity index (χ0n) is 14.4. The van der Waals surface area contributed by atoms with Gasteiger partial charge >= 0.3 is 11.7 Å². The standard InChI is InChI=1S/C20H16N2O5/c1-11(12-7-3-2-4-8-12)22-18(24)15(17(23)21-20(22)26)16-13-9-5-6-10-14(13)19(25)27-16/h2-11,16,24H,1H3,(H,21,23,26). The minimum Gasteiger partial charge on any atom is -0.494 e. The largest absolute Gasteiger partial charge is 0.494 e. The Kier molecular flexibility index (Phi) is 3.92.